The molecule has 3 aromatic rings. The van der Waals surface area contributed by atoms with E-state index in [2.05, 4.69) is 20.6 Å². The van der Waals surface area contributed by atoms with Crippen molar-refractivity contribution in [3.8, 4) is 0 Å². The van der Waals surface area contributed by atoms with Gasteiger partial charge in [0.1, 0.15) is 11.6 Å². The van der Waals surface area contributed by atoms with E-state index in [0.717, 1.165) is 6.26 Å². The van der Waals surface area contributed by atoms with Crippen molar-refractivity contribution in [2.45, 2.75) is 44.4 Å². The van der Waals surface area contributed by atoms with Gasteiger partial charge in [-0.25, -0.2) is 18.4 Å². The third-order valence-electron chi connectivity index (χ3n) is 4.99. The zero-order valence-corrected chi connectivity index (χ0v) is 20.0. The number of Topliss-reactive ketones (excluding diaryl/α,β-unsaturated/α-hetero) is 1. The quantitative estimate of drug-likeness (QED) is 0.352. The van der Waals surface area contributed by atoms with Gasteiger partial charge >= 0.3 is 0 Å². The number of nitrogens with zero attached hydrogens (tertiary/aromatic N) is 2. The molecule has 0 aliphatic rings. The first-order chi connectivity index (χ1) is 15.4. The van der Waals surface area contributed by atoms with E-state index in [0.29, 0.717) is 28.3 Å². The van der Waals surface area contributed by atoms with Gasteiger partial charge in [0.05, 0.1) is 21.8 Å². The second-order valence-electron chi connectivity index (χ2n) is 8.70. The Bertz CT molecular complexity index is 1300. The number of ketones is 1. The van der Waals surface area contributed by atoms with E-state index in [9.17, 15) is 17.6 Å². The number of benzene rings is 1. The lowest BCUT2D eigenvalue weighted by atomic mass is 9.88. The minimum atomic E-state index is -3.50. The molecule has 2 N–H and O–H groups in total. The lowest BCUT2D eigenvalue weighted by Crippen LogP contribution is -2.15. The van der Waals surface area contributed by atoms with E-state index < -0.39 is 15.8 Å². The second kappa shape index (κ2) is 9.27. The van der Waals surface area contributed by atoms with Gasteiger partial charge in [0, 0.05) is 30.5 Å². The van der Waals surface area contributed by atoms with Crippen LogP contribution in [0.15, 0.2) is 53.6 Å². The molecule has 0 spiro atoms. The molecule has 9 heteroatoms. The summed E-state index contributed by atoms with van der Waals surface area (Å²) in [7, 11) is -3.50. The van der Waals surface area contributed by atoms with Crippen molar-refractivity contribution in [1.29, 1.82) is 0 Å². The molecule has 2 aromatic heterocycles. The van der Waals surface area contributed by atoms with Gasteiger partial charge in [-0.15, -0.1) is 0 Å². The third-order valence-corrected chi connectivity index (χ3v) is 6.15. The van der Waals surface area contributed by atoms with Crippen molar-refractivity contribution < 1.29 is 17.6 Å². The molecule has 7 nitrogen and oxygen atoms in total. The second-order valence-corrected chi connectivity index (χ2v) is 10.7. The number of pyridine rings is 2. The number of aromatic nitrogens is 2. The molecule has 0 atom stereocenters. The highest BCUT2D eigenvalue weighted by Crippen LogP contribution is 2.30. The Labute approximate surface area is 193 Å². The van der Waals surface area contributed by atoms with Gasteiger partial charge < -0.3 is 10.6 Å². The lowest BCUT2D eigenvalue weighted by Gasteiger charge is -2.19. The monoisotopic (exact) mass is 470 g/mol. The Hall–Kier alpha value is -3.33. The SMILES string of the molecule is CCC(=O)c1cnc(Nc2ccc(C(C)(C)C)c(F)n2)cc1Nc1ccccc1S(C)(=O)=O. The predicted octanol–water partition coefficient (Wildman–Crippen LogP) is 5.40. The summed E-state index contributed by atoms with van der Waals surface area (Å²) >= 11 is 0. The number of para-hydroxylation sites is 1. The van der Waals surface area contributed by atoms with Crippen molar-refractivity contribution in [1.82, 2.24) is 9.97 Å². The Kier molecular flexibility index (Phi) is 6.83. The van der Waals surface area contributed by atoms with Crippen LogP contribution in [0.25, 0.3) is 0 Å². The van der Waals surface area contributed by atoms with Crippen LogP contribution in [-0.2, 0) is 15.3 Å². The van der Waals surface area contributed by atoms with Crippen LogP contribution in [0.2, 0.25) is 0 Å². The van der Waals surface area contributed by atoms with Crippen molar-refractivity contribution in [2.75, 3.05) is 16.9 Å². The summed E-state index contributed by atoms with van der Waals surface area (Å²) in [5.41, 5.74) is 1.13. The average molecular weight is 471 g/mol. The largest absolute Gasteiger partial charge is 0.354 e. The molecule has 0 amide bonds. The molecule has 0 bridgehead atoms. The Balaban J connectivity index is 2.00. The summed E-state index contributed by atoms with van der Waals surface area (Å²) in [5, 5.41) is 6.00. The fraction of sp³-hybridized carbons (Fsp3) is 0.292. The van der Waals surface area contributed by atoms with Gasteiger partial charge in [0.15, 0.2) is 15.6 Å². The molecular weight excluding hydrogens is 443 g/mol. The highest BCUT2D eigenvalue weighted by molar-refractivity contribution is 7.90. The molecule has 2 heterocycles. The molecule has 0 radical (unpaired) electrons. The first-order valence-electron chi connectivity index (χ1n) is 10.4. The van der Waals surface area contributed by atoms with Gasteiger partial charge in [-0.3, -0.25) is 4.79 Å². The van der Waals surface area contributed by atoms with Gasteiger partial charge in [-0.05, 0) is 23.6 Å². The highest BCUT2D eigenvalue weighted by atomic mass is 32.2. The van der Waals surface area contributed by atoms with E-state index in [4.69, 9.17) is 0 Å². The number of hydrogen-bond donors (Lipinski definition) is 2. The summed E-state index contributed by atoms with van der Waals surface area (Å²) in [5.74, 6) is -0.166. The lowest BCUT2D eigenvalue weighted by molar-refractivity contribution is 0.0988. The Morgan fingerprint density at radius 3 is 2.33 bits per heavy atom. The normalized spacial score (nSPS) is 11.8. The molecule has 0 aliphatic carbocycles. The van der Waals surface area contributed by atoms with Crippen LogP contribution in [0.3, 0.4) is 0 Å². The molecule has 0 unspecified atom stereocenters. The van der Waals surface area contributed by atoms with Gasteiger partial charge in [-0.1, -0.05) is 45.9 Å². The van der Waals surface area contributed by atoms with Crippen LogP contribution >= 0.6 is 0 Å². The third kappa shape index (κ3) is 5.73. The van der Waals surface area contributed by atoms with E-state index >= 15 is 0 Å². The van der Waals surface area contributed by atoms with Crippen LogP contribution in [0.5, 0.6) is 0 Å². The smallest absolute Gasteiger partial charge is 0.218 e. The molecule has 1 aromatic carbocycles. The fourth-order valence-electron chi connectivity index (χ4n) is 3.27. The number of halogens is 1. The number of carbonyl (C=O) groups is 1. The predicted molar refractivity (Wildman–Crippen MR) is 128 cm³/mol. The van der Waals surface area contributed by atoms with Crippen LogP contribution in [0, 0.1) is 5.95 Å². The molecule has 0 fully saturated rings. The molecular formula is C24H27FN4O3S. The standard InChI is InChI=1S/C24H27FN4O3S/c1-6-19(30)15-14-26-22(28-21-12-11-16(23(25)29-21)24(2,3)4)13-18(15)27-17-9-7-8-10-20(17)33(5,31)32/h7-14H,6H2,1-5H3,(H2,26,27,28,29). The van der Waals surface area contributed by atoms with Crippen LogP contribution < -0.4 is 10.6 Å². The van der Waals surface area contributed by atoms with E-state index in [-0.39, 0.29) is 28.3 Å². The van der Waals surface area contributed by atoms with Crippen molar-refractivity contribution in [2.24, 2.45) is 0 Å². The first-order valence-corrected chi connectivity index (χ1v) is 12.3. The molecule has 33 heavy (non-hydrogen) atoms. The van der Waals surface area contributed by atoms with Crippen LogP contribution in [0.1, 0.15) is 50.0 Å². The number of anilines is 4. The molecule has 174 valence electrons. The van der Waals surface area contributed by atoms with Crippen LogP contribution in [0.4, 0.5) is 27.4 Å². The molecule has 0 saturated heterocycles. The average Bonchev–Trinajstić information content (AvgIpc) is 2.72. The topological polar surface area (TPSA) is 101 Å². The van der Waals surface area contributed by atoms with Gasteiger partial charge in [-0.2, -0.15) is 4.39 Å². The summed E-state index contributed by atoms with van der Waals surface area (Å²) in [6.07, 6.45) is 2.77. The van der Waals surface area contributed by atoms with Crippen molar-refractivity contribution >= 4 is 38.6 Å². The van der Waals surface area contributed by atoms with Crippen molar-refractivity contribution in [3.05, 3.63) is 65.7 Å². The Morgan fingerprint density at radius 2 is 1.73 bits per heavy atom. The maximum Gasteiger partial charge on any atom is 0.218 e. The minimum Gasteiger partial charge on any atom is -0.354 e. The van der Waals surface area contributed by atoms with E-state index in [1.165, 1.54) is 12.3 Å². The number of rotatable bonds is 7. The fourth-order valence-corrected chi connectivity index (χ4v) is 4.12. The van der Waals surface area contributed by atoms with E-state index in [1.807, 2.05) is 20.8 Å². The summed E-state index contributed by atoms with van der Waals surface area (Å²) in [6, 6.07) is 11.3. The number of carbonyl (C=O) groups excluding carboxylic acids is 1. The van der Waals surface area contributed by atoms with Crippen LogP contribution in [-0.4, -0.2) is 30.4 Å². The molecule has 0 saturated carbocycles. The van der Waals surface area contributed by atoms with E-state index in [1.54, 1.807) is 43.3 Å². The molecule has 3 rings (SSSR count). The maximum atomic E-state index is 14.5. The number of nitrogens with one attached hydrogen (secondary N) is 2. The summed E-state index contributed by atoms with van der Waals surface area (Å²) in [6.45, 7) is 7.43. The Morgan fingerprint density at radius 1 is 1.03 bits per heavy atom. The maximum absolute atomic E-state index is 14.5. The van der Waals surface area contributed by atoms with Gasteiger partial charge in [0.2, 0.25) is 5.95 Å². The first kappa shape index (κ1) is 24.3. The number of sulfone groups is 1. The zero-order chi connectivity index (χ0) is 24.4. The number of hydrogen-bond acceptors (Lipinski definition) is 7. The highest BCUT2D eigenvalue weighted by Gasteiger charge is 2.20. The zero-order valence-electron chi connectivity index (χ0n) is 19.2. The molecule has 0 aliphatic heterocycles. The van der Waals surface area contributed by atoms with Gasteiger partial charge in [0.25, 0.3) is 0 Å². The van der Waals surface area contributed by atoms with Crippen molar-refractivity contribution in [3.63, 3.8) is 0 Å². The summed E-state index contributed by atoms with van der Waals surface area (Å²) < 4.78 is 38.9. The minimum absolute atomic E-state index is 0.104. The summed E-state index contributed by atoms with van der Waals surface area (Å²) in [4.78, 5) is 20.8.